The fourth-order valence-electron chi connectivity index (χ4n) is 2.02. The van der Waals surface area contributed by atoms with Gasteiger partial charge in [-0.1, -0.05) is 26.8 Å². The molecule has 0 N–H and O–H groups in total. The van der Waals surface area contributed by atoms with Crippen molar-refractivity contribution in [2.24, 2.45) is 5.41 Å². The minimum absolute atomic E-state index is 0.0695. The number of halogens is 2. The lowest BCUT2D eigenvalue weighted by molar-refractivity contribution is -0.135. The maximum Gasteiger partial charge on any atom is 0.190 e. The Bertz CT molecular complexity index is 497. The van der Waals surface area contributed by atoms with Crippen molar-refractivity contribution in [3.8, 4) is 0 Å². The van der Waals surface area contributed by atoms with E-state index < -0.39 is 23.3 Å². The van der Waals surface area contributed by atoms with Gasteiger partial charge < -0.3 is 9.64 Å². The van der Waals surface area contributed by atoms with E-state index in [1.165, 1.54) is 17.0 Å². The van der Waals surface area contributed by atoms with Crippen molar-refractivity contribution in [3.05, 3.63) is 29.8 Å². The van der Waals surface area contributed by atoms with Gasteiger partial charge in [-0.05, 0) is 12.1 Å². The van der Waals surface area contributed by atoms with Gasteiger partial charge >= 0.3 is 0 Å². The van der Waals surface area contributed by atoms with Gasteiger partial charge in [0.2, 0.25) is 0 Å². The highest BCUT2D eigenvalue weighted by Crippen LogP contribution is 2.30. The molecule has 19 heavy (non-hydrogen) atoms. The van der Waals surface area contributed by atoms with Crippen molar-refractivity contribution in [1.82, 2.24) is 0 Å². The molecule has 0 saturated carbocycles. The highest BCUT2D eigenvalue weighted by atomic mass is 19.2. The van der Waals surface area contributed by atoms with Crippen LogP contribution in [0.3, 0.4) is 0 Å². The van der Waals surface area contributed by atoms with Gasteiger partial charge in [0.1, 0.15) is 0 Å². The zero-order chi connectivity index (χ0) is 14.2. The molecule has 0 aromatic heterocycles. The molecule has 1 unspecified atom stereocenters. The summed E-state index contributed by atoms with van der Waals surface area (Å²) in [5.41, 5.74) is -0.531. The normalized spacial score (nSPS) is 19.8. The molecule has 5 heteroatoms. The Labute approximate surface area is 111 Å². The molecule has 1 heterocycles. The molecule has 0 radical (unpaired) electrons. The average molecular weight is 269 g/mol. The van der Waals surface area contributed by atoms with Crippen molar-refractivity contribution < 1.29 is 18.3 Å². The van der Waals surface area contributed by atoms with Gasteiger partial charge in [0.15, 0.2) is 23.6 Å². The average Bonchev–Trinajstić information content (AvgIpc) is 2.79. The Morgan fingerprint density at radius 2 is 2.05 bits per heavy atom. The van der Waals surface area contributed by atoms with E-state index in [9.17, 15) is 13.6 Å². The van der Waals surface area contributed by atoms with Crippen LogP contribution in [0.2, 0.25) is 0 Å². The third kappa shape index (κ3) is 2.61. The maximum atomic E-state index is 13.8. The smallest absolute Gasteiger partial charge is 0.190 e. The number of hydrogen-bond acceptors (Lipinski definition) is 3. The van der Waals surface area contributed by atoms with E-state index >= 15 is 0 Å². The second-order valence-corrected chi connectivity index (χ2v) is 5.60. The minimum atomic E-state index is -0.945. The summed E-state index contributed by atoms with van der Waals surface area (Å²) in [7, 11) is 0. The third-order valence-corrected chi connectivity index (χ3v) is 3.10. The number of nitrogens with zero attached hydrogens (tertiary/aromatic N) is 1. The number of ketones is 1. The van der Waals surface area contributed by atoms with Gasteiger partial charge in [0.05, 0.1) is 12.3 Å². The lowest BCUT2D eigenvalue weighted by Crippen LogP contribution is -2.43. The first-order valence-electron chi connectivity index (χ1n) is 6.19. The van der Waals surface area contributed by atoms with E-state index in [0.29, 0.717) is 13.2 Å². The van der Waals surface area contributed by atoms with Crippen LogP contribution in [0.15, 0.2) is 18.2 Å². The predicted octanol–water partition coefficient (Wildman–Crippen LogP) is 2.74. The molecule has 1 saturated heterocycles. The van der Waals surface area contributed by atoms with Gasteiger partial charge in [-0.15, -0.1) is 0 Å². The van der Waals surface area contributed by atoms with E-state index in [-0.39, 0.29) is 11.5 Å². The van der Waals surface area contributed by atoms with Crippen LogP contribution in [0.4, 0.5) is 14.5 Å². The lowest BCUT2D eigenvalue weighted by atomic mass is 9.89. The quantitative estimate of drug-likeness (QED) is 0.826. The number of carbonyl (C=O) groups is 1. The largest absolute Gasteiger partial charge is 0.349 e. The summed E-state index contributed by atoms with van der Waals surface area (Å²) in [6.45, 7) is 6.01. The van der Waals surface area contributed by atoms with Crippen LogP contribution in [0.1, 0.15) is 20.8 Å². The van der Waals surface area contributed by atoms with Crippen molar-refractivity contribution in [1.29, 1.82) is 0 Å². The van der Waals surface area contributed by atoms with Crippen LogP contribution in [0.5, 0.6) is 0 Å². The summed E-state index contributed by atoms with van der Waals surface area (Å²) in [4.78, 5) is 13.7. The summed E-state index contributed by atoms with van der Waals surface area (Å²) in [6.07, 6.45) is -0.851. The van der Waals surface area contributed by atoms with Crippen LogP contribution in [0.25, 0.3) is 0 Å². The van der Waals surface area contributed by atoms with E-state index in [0.717, 1.165) is 6.07 Å². The standard InChI is InChI=1S/C14H17F2NO2/c1-14(2,3)12(18)13-17(7-8-19-13)10-6-4-5-9(15)11(10)16/h4-6,13H,7-8H2,1-3H3. The first kappa shape index (κ1) is 13.9. The lowest BCUT2D eigenvalue weighted by Gasteiger charge is -2.29. The first-order chi connectivity index (χ1) is 8.82. The Kier molecular flexibility index (Phi) is 3.58. The van der Waals surface area contributed by atoms with E-state index in [4.69, 9.17) is 4.74 Å². The molecule has 3 nitrogen and oxygen atoms in total. The van der Waals surface area contributed by atoms with E-state index in [1.807, 2.05) is 0 Å². The van der Waals surface area contributed by atoms with Gasteiger partial charge in [0.25, 0.3) is 0 Å². The molecular formula is C14H17F2NO2. The number of carbonyl (C=O) groups excluding carboxylic acids is 1. The highest BCUT2D eigenvalue weighted by Gasteiger charge is 2.39. The fraction of sp³-hybridized carbons (Fsp3) is 0.500. The Balaban J connectivity index is 2.34. The molecule has 0 amide bonds. The molecule has 1 aliphatic heterocycles. The first-order valence-corrected chi connectivity index (χ1v) is 6.19. The minimum Gasteiger partial charge on any atom is -0.349 e. The van der Waals surface area contributed by atoms with E-state index in [2.05, 4.69) is 0 Å². The zero-order valence-corrected chi connectivity index (χ0v) is 11.2. The van der Waals surface area contributed by atoms with Gasteiger partial charge in [-0.2, -0.15) is 0 Å². The SMILES string of the molecule is CC(C)(C)C(=O)C1OCCN1c1cccc(F)c1F. The molecule has 104 valence electrons. The molecule has 1 aromatic carbocycles. The Morgan fingerprint density at radius 3 is 2.68 bits per heavy atom. The summed E-state index contributed by atoms with van der Waals surface area (Å²) < 4.78 is 32.5. The number of hydrogen-bond donors (Lipinski definition) is 0. The summed E-state index contributed by atoms with van der Waals surface area (Å²) >= 11 is 0. The molecule has 1 aromatic rings. The van der Waals surface area contributed by atoms with Crippen LogP contribution >= 0.6 is 0 Å². The molecule has 0 aliphatic carbocycles. The van der Waals surface area contributed by atoms with Crippen molar-refractivity contribution in [3.63, 3.8) is 0 Å². The van der Waals surface area contributed by atoms with E-state index in [1.54, 1.807) is 20.8 Å². The summed E-state index contributed by atoms with van der Waals surface area (Å²) in [6, 6.07) is 3.93. The predicted molar refractivity (Wildman–Crippen MR) is 67.9 cm³/mol. The second kappa shape index (κ2) is 4.89. The summed E-state index contributed by atoms with van der Waals surface area (Å²) in [5, 5.41) is 0. The zero-order valence-electron chi connectivity index (χ0n) is 11.2. The van der Waals surface area contributed by atoms with Gasteiger partial charge in [-0.3, -0.25) is 4.79 Å². The number of Topliss-reactive ketones (excluding diaryl/α,β-unsaturated/α-hetero) is 1. The Hall–Kier alpha value is -1.49. The van der Waals surface area contributed by atoms with Gasteiger partial charge in [-0.25, -0.2) is 8.78 Å². The fourth-order valence-corrected chi connectivity index (χ4v) is 2.02. The number of rotatable bonds is 2. The molecule has 1 atom stereocenters. The van der Waals surface area contributed by atoms with Crippen molar-refractivity contribution in [2.45, 2.75) is 27.0 Å². The number of ether oxygens (including phenoxy) is 1. The van der Waals surface area contributed by atoms with Crippen molar-refractivity contribution in [2.75, 3.05) is 18.1 Å². The summed E-state index contributed by atoms with van der Waals surface area (Å²) in [5.74, 6) is -2.01. The van der Waals surface area contributed by atoms with Crippen LogP contribution in [0, 0.1) is 17.0 Å². The Morgan fingerprint density at radius 1 is 1.37 bits per heavy atom. The maximum absolute atomic E-state index is 13.8. The molecular weight excluding hydrogens is 252 g/mol. The monoisotopic (exact) mass is 269 g/mol. The third-order valence-electron chi connectivity index (χ3n) is 3.10. The van der Waals surface area contributed by atoms with Crippen LogP contribution in [-0.2, 0) is 9.53 Å². The van der Waals surface area contributed by atoms with Gasteiger partial charge in [0, 0.05) is 12.0 Å². The topological polar surface area (TPSA) is 29.5 Å². The van der Waals surface area contributed by atoms with Crippen LogP contribution < -0.4 is 4.90 Å². The molecule has 1 aliphatic rings. The molecule has 0 bridgehead atoms. The van der Waals surface area contributed by atoms with Crippen LogP contribution in [-0.4, -0.2) is 25.2 Å². The second-order valence-electron chi connectivity index (χ2n) is 5.60. The number of anilines is 1. The number of benzene rings is 1. The highest BCUT2D eigenvalue weighted by molar-refractivity contribution is 5.90. The van der Waals surface area contributed by atoms with Crippen molar-refractivity contribution >= 4 is 11.5 Å². The molecule has 0 spiro atoms. The molecule has 2 rings (SSSR count). The molecule has 1 fully saturated rings.